The van der Waals surface area contributed by atoms with E-state index in [4.69, 9.17) is 16.3 Å². The van der Waals surface area contributed by atoms with Crippen LogP contribution < -0.4 is 10.4 Å². The van der Waals surface area contributed by atoms with E-state index in [1.54, 1.807) is 45.0 Å². The van der Waals surface area contributed by atoms with Crippen LogP contribution in [0.5, 0.6) is 0 Å². The summed E-state index contributed by atoms with van der Waals surface area (Å²) in [6, 6.07) is 6.65. The topological polar surface area (TPSA) is 58.6 Å². The zero-order valence-corrected chi connectivity index (χ0v) is 11.2. The van der Waals surface area contributed by atoms with Crippen molar-refractivity contribution < 1.29 is 14.3 Å². The van der Waals surface area contributed by atoms with E-state index in [2.05, 4.69) is 5.43 Å². The number of carbonyl (C=O) groups excluding carboxylic acids is 2. The molecule has 0 aliphatic carbocycles. The number of benzene rings is 1. The van der Waals surface area contributed by atoms with E-state index in [9.17, 15) is 9.59 Å². The zero-order valence-electron chi connectivity index (χ0n) is 10.4. The molecule has 0 fully saturated rings. The van der Waals surface area contributed by atoms with Crippen LogP contribution in [0.25, 0.3) is 0 Å². The number of halogens is 1. The van der Waals surface area contributed by atoms with Crippen LogP contribution in [0.1, 0.15) is 20.8 Å². The Morgan fingerprint density at radius 3 is 2.50 bits per heavy atom. The normalized spacial score (nSPS) is 10.7. The molecule has 18 heavy (non-hydrogen) atoms. The zero-order chi connectivity index (χ0) is 13.8. The van der Waals surface area contributed by atoms with Crippen molar-refractivity contribution in [3.05, 3.63) is 29.3 Å². The van der Waals surface area contributed by atoms with E-state index in [0.29, 0.717) is 17.1 Å². The number of amides is 2. The van der Waals surface area contributed by atoms with Crippen LogP contribution in [0.2, 0.25) is 5.02 Å². The van der Waals surface area contributed by atoms with Crippen LogP contribution in [-0.4, -0.2) is 18.1 Å². The first-order valence-corrected chi connectivity index (χ1v) is 5.70. The monoisotopic (exact) mass is 270 g/mol. The van der Waals surface area contributed by atoms with Gasteiger partial charge in [0.25, 0.3) is 0 Å². The molecule has 98 valence electrons. The SMILES string of the molecule is CC(C)(C)OC(=O)NN(C=O)c1ccccc1Cl. The Kier molecular flexibility index (Phi) is 4.55. The van der Waals surface area contributed by atoms with Crippen LogP contribution in [0.3, 0.4) is 0 Å². The van der Waals surface area contributed by atoms with Crippen LogP contribution in [0, 0.1) is 0 Å². The van der Waals surface area contributed by atoms with Crippen molar-refractivity contribution in [2.45, 2.75) is 26.4 Å². The van der Waals surface area contributed by atoms with Crippen molar-refractivity contribution in [1.29, 1.82) is 0 Å². The molecule has 0 atom stereocenters. The predicted molar refractivity (Wildman–Crippen MR) is 69.4 cm³/mol. The van der Waals surface area contributed by atoms with Crippen molar-refractivity contribution in [3.8, 4) is 0 Å². The Morgan fingerprint density at radius 2 is 2.00 bits per heavy atom. The Bertz CT molecular complexity index is 443. The fourth-order valence-corrected chi connectivity index (χ4v) is 1.42. The van der Waals surface area contributed by atoms with Crippen molar-refractivity contribution in [1.82, 2.24) is 5.43 Å². The number of hydrogen-bond acceptors (Lipinski definition) is 3. The number of carbonyl (C=O) groups is 2. The maximum atomic E-state index is 11.5. The molecule has 1 aromatic rings. The molecule has 0 aromatic heterocycles. The van der Waals surface area contributed by atoms with Crippen molar-refractivity contribution in [2.75, 3.05) is 5.01 Å². The fourth-order valence-electron chi connectivity index (χ4n) is 1.19. The van der Waals surface area contributed by atoms with E-state index in [0.717, 1.165) is 5.01 Å². The third-order valence-electron chi connectivity index (χ3n) is 1.83. The molecule has 0 radical (unpaired) electrons. The summed E-state index contributed by atoms with van der Waals surface area (Å²) in [7, 11) is 0. The summed E-state index contributed by atoms with van der Waals surface area (Å²) in [5.41, 5.74) is 2.04. The second-order valence-electron chi connectivity index (χ2n) is 4.54. The maximum absolute atomic E-state index is 11.5. The minimum atomic E-state index is -0.727. The maximum Gasteiger partial charge on any atom is 0.427 e. The smallest absolute Gasteiger partial charge is 0.427 e. The molecular formula is C12H15ClN2O3. The molecule has 0 saturated carbocycles. The average molecular weight is 271 g/mol. The van der Waals surface area contributed by atoms with Gasteiger partial charge >= 0.3 is 6.09 Å². The summed E-state index contributed by atoms with van der Waals surface area (Å²) in [5, 5.41) is 1.32. The second kappa shape index (κ2) is 5.73. The lowest BCUT2D eigenvalue weighted by Gasteiger charge is -2.23. The molecule has 5 nitrogen and oxygen atoms in total. The Morgan fingerprint density at radius 1 is 1.39 bits per heavy atom. The van der Waals surface area contributed by atoms with E-state index in [1.807, 2.05) is 0 Å². The third-order valence-corrected chi connectivity index (χ3v) is 2.15. The molecule has 0 bridgehead atoms. The summed E-state index contributed by atoms with van der Waals surface area (Å²) in [4.78, 5) is 22.5. The van der Waals surface area contributed by atoms with Gasteiger partial charge in [0.2, 0.25) is 6.41 Å². The summed E-state index contributed by atoms with van der Waals surface area (Å²) in [6.45, 7) is 5.19. The summed E-state index contributed by atoms with van der Waals surface area (Å²) < 4.78 is 5.04. The van der Waals surface area contributed by atoms with Gasteiger partial charge in [-0.25, -0.2) is 15.2 Å². The van der Waals surface area contributed by atoms with E-state index in [-0.39, 0.29) is 0 Å². The average Bonchev–Trinajstić information content (AvgIpc) is 2.24. The first-order valence-electron chi connectivity index (χ1n) is 5.32. The van der Waals surface area contributed by atoms with Crippen molar-refractivity contribution >= 4 is 29.8 Å². The molecule has 0 heterocycles. The van der Waals surface area contributed by atoms with E-state index < -0.39 is 11.7 Å². The minimum absolute atomic E-state index is 0.348. The number of para-hydroxylation sites is 1. The van der Waals surface area contributed by atoms with Gasteiger partial charge in [0.1, 0.15) is 5.60 Å². The van der Waals surface area contributed by atoms with Gasteiger partial charge in [-0.05, 0) is 32.9 Å². The molecule has 0 saturated heterocycles. The van der Waals surface area contributed by atoms with Crippen LogP contribution in [0.4, 0.5) is 10.5 Å². The second-order valence-corrected chi connectivity index (χ2v) is 4.95. The van der Waals surface area contributed by atoms with Gasteiger partial charge in [-0.1, -0.05) is 23.7 Å². The van der Waals surface area contributed by atoms with Crippen molar-refractivity contribution in [2.24, 2.45) is 0 Å². The number of hydrazine groups is 1. The van der Waals surface area contributed by atoms with Crippen LogP contribution in [-0.2, 0) is 9.53 Å². The van der Waals surface area contributed by atoms with Gasteiger partial charge in [-0.3, -0.25) is 4.79 Å². The predicted octanol–water partition coefficient (Wildman–Crippen LogP) is 2.74. The fraction of sp³-hybridized carbons (Fsp3) is 0.333. The highest BCUT2D eigenvalue weighted by Gasteiger charge is 2.19. The Balaban J connectivity index is 2.78. The summed E-state index contributed by atoms with van der Waals surface area (Å²) in [5.74, 6) is 0. The van der Waals surface area contributed by atoms with Gasteiger partial charge in [0.05, 0.1) is 10.7 Å². The molecule has 0 unspecified atom stereocenters. The molecule has 1 aromatic carbocycles. The molecule has 0 spiro atoms. The number of rotatable bonds is 3. The Hall–Kier alpha value is -1.75. The van der Waals surface area contributed by atoms with Crippen LogP contribution >= 0.6 is 11.6 Å². The quantitative estimate of drug-likeness (QED) is 0.679. The summed E-state index contributed by atoms with van der Waals surface area (Å²) >= 11 is 5.92. The molecule has 1 N–H and O–H groups in total. The molecular weight excluding hydrogens is 256 g/mol. The van der Waals surface area contributed by atoms with Gasteiger partial charge in [-0.15, -0.1) is 0 Å². The Labute approximate surface area is 111 Å². The molecule has 0 aliphatic rings. The summed E-state index contributed by atoms with van der Waals surface area (Å²) in [6.07, 6.45) is -0.278. The highest BCUT2D eigenvalue weighted by Crippen LogP contribution is 2.23. The van der Waals surface area contributed by atoms with Gasteiger partial charge in [0.15, 0.2) is 0 Å². The largest absolute Gasteiger partial charge is 0.443 e. The van der Waals surface area contributed by atoms with E-state index >= 15 is 0 Å². The number of ether oxygens (including phenoxy) is 1. The van der Waals surface area contributed by atoms with Crippen molar-refractivity contribution in [3.63, 3.8) is 0 Å². The molecule has 1 rings (SSSR count). The number of hydrogen-bond donors (Lipinski definition) is 1. The lowest BCUT2D eigenvalue weighted by molar-refractivity contribution is -0.108. The van der Waals surface area contributed by atoms with Crippen LogP contribution in [0.15, 0.2) is 24.3 Å². The highest BCUT2D eigenvalue weighted by atomic mass is 35.5. The van der Waals surface area contributed by atoms with Gasteiger partial charge < -0.3 is 4.74 Å². The standard InChI is InChI=1S/C12H15ClN2O3/c1-12(2,3)18-11(17)14-15(8-16)10-7-5-4-6-9(10)13/h4-8H,1-3H3,(H,14,17). The third kappa shape index (κ3) is 4.25. The lowest BCUT2D eigenvalue weighted by atomic mass is 10.2. The first-order chi connectivity index (χ1) is 8.33. The minimum Gasteiger partial charge on any atom is -0.443 e. The highest BCUT2D eigenvalue weighted by molar-refractivity contribution is 6.33. The number of nitrogens with zero attached hydrogens (tertiary/aromatic N) is 1. The first kappa shape index (κ1) is 14.3. The van der Waals surface area contributed by atoms with Gasteiger partial charge in [0, 0.05) is 0 Å². The van der Waals surface area contributed by atoms with Gasteiger partial charge in [-0.2, -0.15) is 0 Å². The number of nitrogens with one attached hydrogen (secondary N) is 1. The molecule has 6 heteroatoms. The lowest BCUT2D eigenvalue weighted by Crippen LogP contribution is -2.44. The number of anilines is 1. The van der Waals surface area contributed by atoms with E-state index in [1.165, 1.54) is 0 Å². The molecule has 2 amide bonds. The molecule has 0 aliphatic heterocycles.